The monoisotopic (exact) mass is 451 g/mol. The molecule has 102 valence electrons. The summed E-state index contributed by atoms with van der Waals surface area (Å²) in [5.74, 6) is 0. The van der Waals surface area contributed by atoms with Crippen LogP contribution in [0.25, 0.3) is 0 Å². The Morgan fingerprint density at radius 3 is 2.63 bits per heavy atom. The molecule has 0 fully saturated rings. The third-order valence-corrected chi connectivity index (χ3v) is 4.25. The van der Waals surface area contributed by atoms with E-state index in [0.29, 0.717) is 0 Å². The van der Waals surface area contributed by atoms with Crippen LogP contribution in [0.4, 0.5) is 0 Å². The fourth-order valence-electron chi connectivity index (χ4n) is 1.81. The summed E-state index contributed by atoms with van der Waals surface area (Å²) in [4.78, 5) is 4.49. The molecule has 2 rings (SSSR count). The second kappa shape index (κ2) is 6.43. The zero-order valence-corrected chi connectivity index (χ0v) is 15.1. The maximum absolute atomic E-state index is 4.49. The number of aryl methyl sites for hydroxylation is 1. The second-order valence-corrected chi connectivity index (χ2v) is 6.42. The maximum atomic E-state index is 4.49. The largest absolute Gasteiger partial charge is 0.304 e. The number of pyridine rings is 1. The molecule has 5 nitrogen and oxygen atoms in total. The Hall–Kier alpha value is -0.310. The van der Waals surface area contributed by atoms with E-state index >= 15 is 0 Å². The topological polar surface area (TPSA) is 55.6 Å². The molecule has 0 saturated carbocycles. The van der Waals surface area contributed by atoms with Gasteiger partial charge < -0.3 is 5.32 Å². The Bertz CT molecular complexity index is 564. The van der Waals surface area contributed by atoms with Crippen LogP contribution in [0.15, 0.2) is 25.8 Å². The van der Waals surface area contributed by atoms with E-state index in [0.717, 1.165) is 31.5 Å². The summed E-state index contributed by atoms with van der Waals surface area (Å²) >= 11 is 10.4. The molecule has 1 N–H and O–H groups in total. The van der Waals surface area contributed by atoms with E-state index in [-0.39, 0.29) is 6.04 Å². The van der Waals surface area contributed by atoms with Gasteiger partial charge in [0.1, 0.15) is 0 Å². The maximum Gasteiger partial charge on any atom is 0.153 e. The summed E-state index contributed by atoms with van der Waals surface area (Å²) in [6.45, 7) is 2.87. The van der Waals surface area contributed by atoms with Crippen molar-refractivity contribution in [1.29, 1.82) is 0 Å². The van der Waals surface area contributed by atoms with Gasteiger partial charge in [0.25, 0.3) is 0 Å². The highest BCUT2D eigenvalue weighted by atomic mass is 79.9. The molecular weight excluding hydrogens is 442 g/mol. The van der Waals surface area contributed by atoms with Gasteiger partial charge in [0, 0.05) is 22.2 Å². The van der Waals surface area contributed by atoms with Crippen LogP contribution in [0.1, 0.15) is 24.4 Å². The van der Waals surface area contributed by atoms with Crippen molar-refractivity contribution in [2.75, 3.05) is 6.54 Å². The molecule has 0 amide bonds. The predicted molar refractivity (Wildman–Crippen MR) is 83.9 cm³/mol. The number of hydrogen-bond donors (Lipinski definition) is 1. The average molecular weight is 454 g/mol. The van der Waals surface area contributed by atoms with Gasteiger partial charge in [-0.05, 0) is 60.4 Å². The van der Waals surface area contributed by atoms with Gasteiger partial charge in [-0.25, -0.2) is 4.68 Å². The van der Waals surface area contributed by atoms with Crippen molar-refractivity contribution in [2.45, 2.75) is 13.0 Å². The Balaban J connectivity index is 2.51. The second-order valence-electron chi connectivity index (χ2n) is 3.90. The van der Waals surface area contributed by atoms with Crippen molar-refractivity contribution in [3.05, 3.63) is 37.2 Å². The molecule has 0 aliphatic rings. The standard InChI is InChI=1S/C11H12Br3N5/c1-3-15-9(10-11(14)17-18-19(10)2)8-7(13)4-6(12)5-16-8/h4-5,9,15H,3H2,1-2H3. The molecule has 0 aromatic carbocycles. The summed E-state index contributed by atoms with van der Waals surface area (Å²) in [7, 11) is 1.87. The van der Waals surface area contributed by atoms with Gasteiger partial charge >= 0.3 is 0 Å². The fourth-order valence-corrected chi connectivity index (χ4v) is 3.58. The Morgan fingerprint density at radius 2 is 2.11 bits per heavy atom. The molecule has 0 saturated heterocycles. The number of rotatable bonds is 4. The summed E-state index contributed by atoms with van der Waals surface area (Å²) < 4.78 is 4.33. The Kier molecular flexibility index (Phi) is 5.10. The van der Waals surface area contributed by atoms with E-state index < -0.39 is 0 Å². The molecule has 0 aliphatic carbocycles. The van der Waals surface area contributed by atoms with Gasteiger partial charge in [-0.2, -0.15) is 0 Å². The molecular formula is C11H12Br3N5. The van der Waals surface area contributed by atoms with Crippen LogP contribution >= 0.6 is 47.8 Å². The van der Waals surface area contributed by atoms with Gasteiger partial charge in [0.2, 0.25) is 0 Å². The third-order valence-electron chi connectivity index (χ3n) is 2.62. The van der Waals surface area contributed by atoms with E-state index in [2.05, 4.69) is 75.3 Å². The molecule has 0 radical (unpaired) electrons. The first-order valence-electron chi connectivity index (χ1n) is 5.64. The van der Waals surface area contributed by atoms with Crippen LogP contribution in [0.3, 0.4) is 0 Å². The van der Waals surface area contributed by atoms with Gasteiger partial charge in [0.05, 0.1) is 17.4 Å². The van der Waals surface area contributed by atoms with Crippen molar-refractivity contribution in [2.24, 2.45) is 7.05 Å². The number of halogens is 3. The SMILES string of the molecule is CCNC(c1ncc(Br)cc1Br)c1c(Br)nnn1C. The van der Waals surface area contributed by atoms with Crippen molar-refractivity contribution in [3.8, 4) is 0 Å². The van der Waals surface area contributed by atoms with Crippen molar-refractivity contribution in [3.63, 3.8) is 0 Å². The molecule has 19 heavy (non-hydrogen) atoms. The lowest BCUT2D eigenvalue weighted by molar-refractivity contribution is 0.555. The number of nitrogens with zero attached hydrogens (tertiary/aromatic N) is 4. The van der Waals surface area contributed by atoms with Gasteiger partial charge in [0.15, 0.2) is 4.60 Å². The lowest BCUT2D eigenvalue weighted by Crippen LogP contribution is -2.26. The normalized spacial score (nSPS) is 12.7. The smallest absolute Gasteiger partial charge is 0.153 e. The van der Waals surface area contributed by atoms with E-state index in [1.54, 1.807) is 10.9 Å². The van der Waals surface area contributed by atoms with Crippen LogP contribution in [-0.2, 0) is 7.05 Å². The van der Waals surface area contributed by atoms with Crippen LogP contribution in [0.2, 0.25) is 0 Å². The van der Waals surface area contributed by atoms with Crippen LogP contribution in [0.5, 0.6) is 0 Å². The summed E-state index contributed by atoms with van der Waals surface area (Å²) in [5, 5.41) is 11.5. The summed E-state index contributed by atoms with van der Waals surface area (Å²) in [5.41, 5.74) is 1.84. The van der Waals surface area contributed by atoms with E-state index in [4.69, 9.17) is 0 Å². The van der Waals surface area contributed by atoms with E-state index in [9.17, 15) is 0 Å². The number of hydrogen-bond acceptors (Lipinski definition) is 4. The van der Waals surface area contributed by atoms with Crippen LogP contribution in [-0.4, -0.2) is 26.5 Å². The summed E-state index contributed by atoms with van der Waals surface area (Å²) in [6.07, 6.45) is 1.78. The average Bonchev–Trinajstić information content (AvgIpc) is 2.67. The molecule has 0 aliphatic heterocycles. The molecule has 1 atom stereocenters. The molecule has 1 unspecified atom stereocenters. The zero-order valence-electron chi connectivity index (χ0n) is 10.4. The molecule has 8 heteroatoms. The first-order valence-corrected chi connectivity index (χ1v) is 8.01. The predicted octanol–water partition coefficient (Wildman–Crippen LogP) is 3.20. The Labute approximate surface area is 136 Å². The number of aromatic nitrogens is 4. The van der Waals surface area contributed by atoms with Crippen LogP contribution in [0, 0.1) is 0 Å². The molecule has 2 heterocycles. The van der Waals surface area contributed by atoms with Crippen LogP contribution < -0.4 is 5.32 Å². The number of nitrogens with one attached hydrogen (secondary N) is 1. The molecule has 2 aromatic rings. The fraction of sp³-hybridized carbons (Fsp3) is 0.364. The van der Waals surface area contributed by atoms with Gasteiger partial charge in [-0.3, -0.25) is 4.98 Å². The third kappa shape index (κ3) is 3.24. The highest BCUT2D eigenvalue weighted by Gasteiger charge is 2.24. The zero-order chi connectivity index (χ0) is 14.0. The highest BCUT2D eigenvalue weighted by molar-refractivity contribution is 9.11. The lowest BCUT2D eigenvalue weighted by Gasteiger charge is -2.19. The quantitative estimate of drug-likeness (QED) is 0.772. The van der Waals surface area contributed by atoms with Crippen molar-refractivity contribution >= 4 is 47.8 Å². The first-order chi connectivity index (χ1) is 9.04. The van der Waals surface area contributed by atoms with Gasteiger partial charge in [-0.1, -0.05) is 12.1 Å². The van der Waals surface area contributed by atoms with Crippen molar-refractivity contribution in [1.82, 2.24) is 25.3 Å². The minimum atomic E-state index is -0.0816. The lowest BCUT2D eigenvalue weighted by atomic mass is 10.1. The highest BCUT2D eigenvalue weighted by Crippen LogP contribution is 2.31. The minimum Gasteiger partial charge on any atom is -0.304 e. The van der Waals surface area contributed by atoms with E-state index in [1.807, 2.05) is 13.1 Å². The van der Waals surface area contributed by atoms with Gasteiger partial charge in [-0.15, -0.1) is 5.10 Å². The molecule has 0 bridgehead atoms. The van der Waals surface area contributed by atoms with Crippen molar-refractivity contribution < 1.29 is 0 Å². The summed E-state index contributed by atoms with van der Waals surface area (Å²) in [6, 6.07) is 1.89. The first kappa shape index (κ1) is 15.1. The Morgan fingerprint density at radius 1 is 1.37 bits per heavy atom. The van der Waals surface area contributed by atoms with E-state index in [1.165, 1.54) is 0 Å². The molecule has 2 aromatic heterocycles. The molecule has 0 spiro atoms. The minimum absolute atomic E-state index is 0.0816.